The minimum atomic E-state index is -0.104. The Labute approximate surface area is 201 Å². The van der Waals surface area contributed by atoms with Crippen LogP contribution < -0.4 is 9.64 Å². The molecule has 0 radical (unpaired) electrons. The second-order valence-corrected chi connectivity index (χ2v) is 8.39. The Morgan fingerprint density at radius 1 is 1.00 bits per heavy atom. The molecular formula is C24H20Cl3NO4. The zero-order valence-electron chi connectivity index (χ0n) is 17.0. The van der Waals surface area contributed by atoms with Crippen molar-refractivity contribution >= 4 is 52.3 Å². The fourth-order valence-electron chi connectivity index (χ4n) is 3.28. The van der Waals surface area contributed by atoms with Crippen LogP contribution in [-0.4, -0.2) is 32.1 Å². The van der Waals surface area contributed by atoms with Crippen molar-refractivity contribution in [1.29, 1.82) is 0 Å². The number of nitrogens with zero attached hydrogens (tertiary/aromatic N) is 1. The smallest absolute Gasteiger partial charge is 0.185 e. The van der Waals surface area contributed by atoms with Gasteiger partial charge in [0.15, 0.2) is 11.5 Å². The third kappa shape index (κ3) is 5.67. The number of allylic oxidation sites excluding steroid dienone is 1. The van der Waals surface area contributed by atoms with Crippen LogP contribution in [0.1, 0.15) is 21.9 Å². The molecule has 1 saturated heterocycles. The highest BCUT2D eigenvalue weighted by molar-refractivity contribution is 6.40. The molecule has 0 aliphatic carbocycles. The van der Waals surface area contributed by atoms with Gasteiger partial charge in [0.25, 0.3) is 0 Å². The van der Waals surface area contributed by atoms with E-state index in [9.17, 15) is 4.79 Å². The van der Waals surface area contributed by atoms with Gasteiger partial charge in [-0.05, 0) is 60.7 Å². The molecule has 0 bridgehead atoms. The predicted molar refractivity (Wildman–Crippen MR) is 127 cm³/mol. The van der Waals surface area contributed by atoms with Gasteiger partial charge in [0, 0.05) is 29.4 Å². The minimum absolute atomic E-state index is 0.104. The summed E-state index contributed by atoms with van der Waals surface area (Å²) >= 11 is 18.1. The summed E-state index contributed by atoms with van der Waals surface area (Å²) in [6, 6.07) is 14.2. The monoisotopic (exact) mass is 491 g/mol. The number of rotatable bonds is 7. The van der Waals surface area contributed by atoms with E-state index in [1.165, 1.54) is 6.08 Å². The fourth-order valence-corrected chi connectivity index (χ4v) is 4.21. The van der Waals surface area contributed by atoms with Gasteiger partial charge in [-0.2, -0.15) is 0 Å². The van der Waals surface area contributed by atoms with Crippen LogP contribution in [-0.2, 0) is 11.3 Å². The van der Waals surface area contributed by atoms with E-state index >= 15 is 0 Å². The molecule has 166 valence electrons. The molecule has 8 heteroatoms. The number of anilines is 1. The first-order valence-corrected chi connectivity index (χ1v) is 11.1. The van der Waals surface area contributed by atoms with E-state index in [1.54, 1.807) is 30.3 Å². The molecule has 0 saturated carbocycles. The van der Waals surface area contributed by atoms with Crippen LogP contribution in [0.5, 0.6) is 5.75 Å². The van der Waals surface area contributed by atoms with Gasteiger partial charge in [0.1, 0.15) is 18.1 Å². The number of morpholine rings is 1. The first kappa shape index (κ1) is 22.7. The lowest BCUT2D eigenvalue weighted by Gasteiger charge is -2.28. The summed E-state index contributed by atoms with van der Waals surface area (Å²) in [4.78, 5) is 14.7. The summed E-state index contributed by atoms with van der Waals surface area (Å²) in [5, 5.41) is 1.07. The SMILES string of the molecule is O=C(/C=C/c1ccc(COc2c(Cl)cc(Cl)cc2Cl)o1)c1ccc(N2CCOCC2)cc1. The Kier molecular flexibility index (Phi) is 7.43. The van der Waals surface area contributed by atoms with E-state index < -0.39 is 0 Å². The topological polar surface area (TPSA) is 51.9 Å². The lowest BCUT2D eigenvalue weighted by molar-refractivity contribution is 0.104. The summed E-state index contributed by atoms with van der Waals surface area (Å²) < 4.78 is 16.7. The van der Waals surface area contributed by atoms with Gasteiger partial charge in [-0.25, -0.2) is 0 Å². The number of carbonyl (C=O) groups is 1. The summed E-state index contributed by atoms with van der Waals surface area (Å²) in [7, 11) is 0. The number of furan rings is 1. The number of hydrogen-bond acceptors (Lipinski definition) is 5. The van der Waals surface area contributed by atoms with Crippen molar-refractivity contribution in [3.8, 4) is 5.75 Å². The Bertz CT molecular complexity index is 1100. The van der Waals surface area contributed by atoms with Gasteiger partial charge >= 0.3 is 0 Å². The van der Waals surface area contributed by atoms with Crippen LogP contribution in [0.15, 0.2) is 59.0 Å². The molecule has 4 rings (SSSR count). The average molecular weight is 493 g/mol. The maximum Gasteiger partial charge on any atom is 0.185 e. The van der Waals surface area contributed by atoms with Crippen LogP contribution in [0.25, 0.3) is 6.08 Å². The summed E-state index contributed by atoms with van der Waals surface area (Å²) in [6.45, 7) is 3.28. The second-order valence-electron chi connectivity index (χ2n) is 7.14. The average Bonchev–Trinajstić information content (AvgIpc) is 3.25. The summed E-state index contributed by atoms with van der Waals surface area (Å²) in [5.74, 6) is 1.33. The summed E-state index contributed by atoms with van der Waals surface area (Å²) in [6.07, 6.45) is 3.12. The quantitative estimate of drug-likeness (QED) is 0.276. The Balaban J connectivity index is 1.34. The highest BCUT2D eigenvalue weighted by atomic mass is 35.5. The van der Waals surface area contributed by atoms with Crippen molar-refractivity contribution in [2.24, 2.45) is 0 Å². The highest BCUT2D eigenvalue weighted by Crippen LogP contribution is 2.36. The first-order chi connectivity index (χ1) is 15.5. The van der Waals surface area contributed by atoms with Gasteiger partial charge < -0.3 is 18.8 Å². The Morgan fingerprint density at radius 2 is 1.69 bits per heavy atom. The molecule has 2 heterocycles. The molecule has 0 unspecified atom stereocenters. The van der Waals surface area contributed by atoms with Crippen LogP contribution in [0.2, 0.25) is 15.1 Å². The minimum Gasteiger partial charge on any atom is -0.483 e. The number of benzene rings is 2. The second kappa shape index (κ2) is 10.5. The van der Waals surface area contributed by atoms with E-state index in [-0.39, 0.29) is 12.4 Å². The maximum atomic E-state index is 12.5. The van der Waals surface area contributed by atoms with E-state index in [0.29, 0.717) is 37.9 Å². The van der Waals surface area contributed by atoms with Gasteiger partial charge in [-0.15, -0.1) is 0 Å². The molecule has 0 atom stereocenters. The number of carbonyl (C=O) groups excluding carboxylic acids is 1. The first-order valence-electron chi connectivity index (χ1n) is 10.0. The zero-order chi connectivity index (χ0) is 22.5. The van der Waals surface area contributed by atoms with E-state index in [0.717, 1.165) is 32.0 Å². The lowest BCUT2D eigenvalue weighted by atomic mass is 10.1. The van der Waals surface area contributed by atoms with Gasteiger partial charge in [-0.3, -0.25) is 4.79 Å². The van der Waals surface area contributed by atoms with Crippen molar-refractivity contribution in [3.05, 3.63) is 86.8 Å². The molecule has 1 fully saturated rings. The number of halogens is 3. The molecule has 3 aromatic rings. The third-order valence-electron chi connectivity index (χ3n) is 4.93. The van der Waals surface area contributed by atoms with E-state index in [1.807, 2.05) is 24.3 Å². The predicted octanol–water partition coefficient (Wildman–Crippen LogP) is 6.55. The van der Waals surface area contributed by atoms with Crippen LogP contribution >= 0.6 is 34.8 Å². The molecule has 1 aromatic heterocycles. The van der Waals surface area contributed by atoms with E-state index in [4.69, 9.17) is 48.7 Å². The number of ketones is 1. The van der Waals surface area contributed by atoms with Gasteiger partial charge in [-0.1, -0.05) is 34.8 Å². The standard InChI is InChI=1S/C24H20Cl3NO4/c25-17-13-21(26)24(22(27)14-17)31-15-20-6-5-19(32-20)7-8-23(29)16-1-3-18(4-2-16)28-9-11-30-12-10-28/h1-8,13-14H,9-12,15H2/b8-7+. The molecule has 1 aliphatic rings. The van der Waals surface area contributed by atoms with Crippen LogP contribution in [0.4, 0.5) is 5.69 Å². The molecule has 2 aromatic carbocycles. The molecule has 0 spiro atoms. The molecule has 5 nitrogen and oxygen atoms in total. The third-order valence-corrected chi connectivity index (χ3v) is 5.71. The van der Waals surface area contributed by atoms with Crippen molar-refractivity contribution in [1.82, 2.24) is 0 Å². The van der Waals surface area contributed by atoms with Crippen LogP contribution in [0, 0.1) is 0 Å². The highest BCUT2D eigenvalue weighted by Gasteiger charge is 2.12. The van der Waals surface area contributed by atoms with Gasteiger partial charge in [0.2, 0.25) is 0 Å². The summed E-state index contributed by atoms with van der Waals surface area (Å²) in [5.41, 5.74) is 1.70. The largest absolute Gasteiger partial charge is 0.483 e. The lowest BCUT2D eigenvalue weighted by Crippen LogP contribution is -2.36. The molecule has 32 heavy (non-hydrogen) atoms. The normalized spacial score (nSPS) is 14.2. The molecule has 0 amide bonds. The van der Waals surface area contributed by atoms with Gasteiger partial charge in [0.05, 0.1) is 23.3 Å². The number of ether oxygens (including phenoxy) is 2. The van der Waals surface area contributed by atoms with Crippen molar-refractivity contribution < 1.29 is 18.7 Å². The van der Waals surface area contributed by atoms with E-state index in [2.05, 4.69) is 4.90 Å². The Morgan fingerprint density at radius 3 is 2.38 bits per heavy atom. The molecule has 0 N–H and O–H groups in total. The molecular weight excluding hydrogens is 473 g/mol. The maximum absolute atomic E-state index is 12.5. The molecule has 1 aliphatic heterocycles. The zero-order valence-corrected chi connectivity index (χ0v) is 19.3. The van der Waals surface area contributed by atoms with Crippen molar-refractivity contribution in [2.75, 3.05) is 31.2 Å². The van der Waals surface area contributed by atoms with Crippen LogP contribution in [0.3, 0.4) is 0 Å². The van der Waals surface area contributed by atoms with Crippen molar-refractivity contribution in [3.63, 3.8) is 0 Å². The van der Waals surface area contributed by atoms with Crippen molar-refractivity contribution in [2.45, 2.75) is 6.61 Å². The Hall–Kier alpha value is -2.44. The number of hydrogen-bond donors (Lipinski definition) is 0. The fraction of sp³-hybridized carbons (Fsp3) is 0.208.